The van der Waals surface area contributed by atoms with E-state index in [2.05, 4.69) is 0 Å². The minimum Gasteiger partial charge on any atom is -0.457 e. The number of aryl methyl sites for hydroxylation is 2. The number of carbonyl (C=O) groups excluding carboxylic acids is 1. The van der Waals surface area contributed by atoms with Crippen LogP contribution in [0, 0.1) is 13.8 Å². The van der Waals surface area contributed by atoms with Crippen molar-refractivity contribution >= 4 is 21.7 Å². The van der Waals surface area contributed by atoms with Crippen molar-refractivity contribution in [2.75, 3.05) is 16.6 Å². The molecular formula is C19H21NO4S. The summed E-state index contributed by atoms with van der Waals surface area (Å²) in [6, 6.07) is 12.6. The van der Waals surface area contributed by atoms with Gasteiger partial charge in [-0.15, -0.1) is 0 Å². The van der Waals surface area contributed by atoms with Crippen molar-refractivity contribution in [2.24, 2.45) is 0 Å². The lowest BCUT2D eigenvalue weighted by Crippen LogP contribution is -2.25. The second-order valence-electron chi connectivity index (χ2n) is 6.30. The van der Waals surface area contributed by atoms with Crippen molar-refractivity contribution in [3.05, 3.63) is 64.7 Å². The molecule has 0 spiro atoms. The maximum absolute atomic E-state index is 12.4. The third kappa shape index (κ3) is 3.85. The molecule has 1 fully saturated rings. The third-order valence-electron chi connectivity index (χ3n) is 4.33. The Labute approximate surface area is 148 Å². The van der Waals surface area contributed by atoms with Gasteiger partial charge in [-0.25, -0.2) is 13.2 Å². The highest BCUT2D eigenvalue weighted by atomic mass is 32.2. The minimum atomic E-state index is -3.27. The van der Waals surface area contributed by atoms with Gasteiger partial charge in [0.15, 0.2) is 0 Å². The molecular weight excluding hydrogens is 338 g/mol. The molecule has 0 aromatic heterocycles. The summed E-state index contributed by atoms with van der Waals surface area (Å²) in [6.07, 6.45) is 0.601. The van der Waals surface area contributed by atoms with Crippen LogP contribution in [0.3, 0.4) is 0 Å². The fourth-order valence-corrected chi connectivity index (χ4v) is 4.46. The van der Waals surface area contributed by atoms with Crippen molar-refractivity contribution in [1.29, 1.82) is 0 Å². The van der Waals surface area contributed by atoms with Gasteiger partial charge in [0, 0.05) is 6.54 Å². The van der Waals surface area contributed by atoms with E-state index < -0.39 is 16.0 Å². The SMILES string of the molecule is Cc1ccc(C)c(COC(=O)c2cccc(N3CCCS3(=O)=O)c2)c1. The van der Waals surface area contributed by atoms with E-state index in [9.17, 15) is 13.2 Å². The number of anilines is 1. The summed E-state index contributed by atoms with van der Waals surface area (Å²) in [5, 5.41) is 0. The lowest BCUT2D eigenvalue weighted by Gasteiger charge is -2.17. The van der Waals surface area contributed by atoms with Gasteiger partial charge < -0.3 is 4.74 Å². The first-order valence-corrected chi connectivity index (χ1v) is 9.81. The highest BCUT2D eigenvalue weighted by Crippen LogP contribution is 2.25. The Morgan fingerprint density at radius 1 is 1.16 bits per heavy atom. The van der Waals surface area contributed by atoms with E-state index in [0.29, 0.717) is 24.2 Å². The first kappa shape index (κ1) is 17.5. The van der Waals surface area contributed by atoms with Crippen molar-refractivity contribution in [2.45, 2.75) is 26.9 Å². The van der Waals surface area contributed by atoms with Crippen molar-refractivity contribution in [1.82, 2.24) is 0 Å². The molecule has 5 nitrogen and oxygen atoms in total. The van der Waals surface area contributed by atoms with Gasteiger partial charge in [-0.1, -0.05) is 29.8 Å². The Hall–Kier alpha value is -2.34. The van der Waals surface area contributed by atoms with Gasteiger partial charge >= 0.3 is 5.97 Å². The molecule has 2 aromatic rings. The van der Waals surface area contributed by atoms with Crippen LogP contribution in [0.15, 0.2) is 42.5 Å². The molecule has 0 atom stereocenters. The van der Waals surface area contributed by atoms with E-state index >= 15 is 0 Å². The van der Waals surface area contributed by atoms with Gasteiger partial charge in [-0.05, 0) is 49.6 Å². The first-order chi connectivity index (χ1) is 11.9. The molecule has 2 aromatic carbocycles. The molecule has 132 valence electrons. The molecule has 1 saturated heterocycles. The molecule has 0 bridgehead atoms. The molecule has 1 aliphatic heterocycles. The van der Waals surface area contributed by atoms with Crippen LogP contribution >= 0.6 is 0 Å². The van der Waals surface area contributed by atoms with Gasteiger partial charge in [0.1, 0.15) is 6.61 Å². The second-order valence-corrected chi connectivity index (χ2v) is 8.31. The number of carbonyl (C=O) groups is 1. The number of hydrogen-bond acceptors (Lipinski definition) is 4. The molecule has 25 heavy (non-hydrogen) atoms. The fraction of sp³-hybridized carbons (Fsp3) is 0.316. The Morgan fingerprint density at radius 2 is 1.96 bits per heavy atom. The van der Waals surface area contributed by atoms with E-state index in [1.807, 2.05) is 32.0 Å². The third-order valence-corrected chi connectivity index (χ3v) is 6.20. The maximum atomic E-state index is 12.4. The number of hydrogen-bond donors (Lipinski definition) is 0. The quantitative estimate of drug-likeness (QED) is 0.787. The van der Waals surface area contributed by atoms with E-state index in [1.54, 1.807) is 24.3 Å². The predicted molar refractivity (Wildman–Crippen MR) is 97.2 cm³/mol. The van der Waals surface area contributed by atoms with Crippen LogP contribution in [-0.2, 0) is 21.4 Å². The summed E-state index contributed by atoms with van der Waals surface area (Å²) in [5.74, 6) is -0.312. The lowest BCUT2D eigenvalue weighted by atomic mass is 10.1. The number of esters is 1. The second kappa shape index (κ2) is 6.88. The molecule has 0 unspecified atom stereocenters. The lowest BCUT2D eigenvalue weighted by molar-refractivity contribution is 0.0472. The van der Waals surface area contributed by atoms with Crippen molar-refractivity contribution in [3.63, 3.8) is 0 Å². The predicted octanol–water partition coefficient (Wildman–Crippen LogP) is 3.20. The van der Waals surface area contributed by atoms with E-state index in [4.69, 9.17) is 4.74 Å². The van der Waals surface area contributed by atoms with Crippen LogP contribution in [0.5, 0.6) is 0 Å². The van der Waals surface area contributed by atoms with Crippen LogP contribution in [0.4, 0.5) is 5.69 Å². The minimum absolute atomic E-state index is 0.147. The number of nitrogens with zero attached hydrogens (tertiary/aromatic N) is 1. The number of rotatable bonds is 4. The topological polar surface area (TPSA) is 63.7 Å². The molecule has 0 saturated carbocycles. The standard InChI is InChI=1S/C19H21NO4S/c1-14-7-8-15(2)17(11-14)13-24-19(21)16-5-3-6-18(12-16)20-9-4-10-25(20,22)23/h3,5-8,11-12H,4,9-10,13H2,1-2H3. The normalized spacial score (nSPS) is 16.0. The van der Waals surface area contributed by atoms with E-state index in [0.717, 1.165) is 16.7 Å². The highest BCUT2D eigenvalue weighted by Gasteiger charge is 2.28. The molecule has 0 N–H and O–H groups in total. The summed E-state index contributed by atoms with van der Waals surface area (Å²) in [4.78, 5) is 12.4. The zero-order valence-corrected chi connectivity index (χ0v) is 15.2. The smallest absolute Gasteiger partial charge is 0.338 e. The highest BCUT2D eigenvalue weighted by molar-refractivity contribution is 7.93. The number of ether oxygens (including phenoxy) is 1. The van der Waals surface area contributed by atoms with Crippen LogP contribution in [0.1, 0.15) is 33.5 Å². The molecule has 1 heterocycles. The average Bonchev–Trinajstić information content (AvgIpc) is 2.94. The summed E-state index contributed by atoms with van der Waals surface area (Å²) in [7, 11) is -3.27. The van der Waals surface area contributed by atoms with Crippen molar-refractivity contribution in [3.8, 4) is 0 Å². The summed E-state index contributed by atoms with van der Waals surface area (Å²) < 4.78 is 30.8. The van der Waals surface area contributed by atoms with Gasteiger partial charge in [-0.2, -0.15) is 0 Å². The van der Waals surface area contributed by atoms with Crippen LogP contribution in [-0.4, -0.2) is 26.7 Å². The first-order valence-electron chi connectivity index (χ1n) is 8.20. The molecule has 6 heteroatoms. The van der Waals surface area contributed by atoms with Gasteiger partial charge in [0.05, 0.1) is 17.0 Å². The Kier molecular flexibility index (Phi) is 4.81. The van der Waals surface area contributed by atoms with Crippen LogP contribution in [0.25, 0.3) is 0 Å². The molecule has 0 amide bonds. The fourth-order valence-electron chi connectivity index (χ4n) is 2.90. The Morgan fingerprint density at radius 3 is 2.68 bits per heavy atom. The van der Waals surface area contributed by atoms with Gasteiger partial charge in [-0.3, -0.25) is 4.31 Å². The zero-order valence-electron chi connectivity index (χ0n) is 14.4. The van der Waals surface area contributed by atoms with E-state index in [1.165, 1.54) is 4.31 Å². The largest absolute Gasteiger partial charge is 0.457 e. The summed E-state index contributed by atoms with van der Waals surface area (Å²) in [6.45, 7) is 4.61. The number of benzene rings is 2. The van der Waals surface area contributed by atoms with E-state index in [-0.39, 0.29) is 12.4 Å². The Bertz CT molecular complexity index is 905. The average molecular weight is 359 g/mol. The number of sulfonamides is 1. The molecule has 1 aliphatic rings. The summed E-state index contributed by atoms with van der Waals surface area (Å²) >= 11 is 0. The summed E-state index contributed by atoms with van der Waals surface area (Å²) in [5.41, 5.74) is 4.00. The van der Waals surface area contributed by atoms with Gasteiger partial charge in [0.25, 0.3) is 0 Å². The zero-order chi connectivity index (χ0) is 18.0. The monoisotopic (exact) mass is 359 g/mol. The Balaban J connectivity index is 1.75. The molecule has 0 radical (unpaired) electrons. The van der Waals surface area contributed by atoms with Crippen molar-refractivity contribution < 1.29 is 17.9 Å². The van der Waals surface area contributed by atoms with Crippen LogP contribution in [0.2, 0.25) is 0 Å². The maximum Gasteiger partial charge on any atom is 0.338 e. The molecule has 0 aliphatic carbocycles. The van der Waals surface area contributed by atoms with Crippen LogP contribution < -0.4 is 4.31 Å². The molecule has 3 rings (SSSR count). The van der Waals surface area contributed by atoms with Gasteiger partial charge in [0.2, 0.25) is 10.0 Å².